The smallest absolute Gasteiger partial charge is 0.335 e. The number of anilines is 1. The van der Waals surface area contributed by atoms with Crippen LogP contribution in [-0.4, -0.2) is 45.5 Å². The second-order valence-corrected chi connectivity index (χ2v) is 10.5. The van der Waals surface area contributed by atoms with E-state index in [1.807, 2.05) is 34.9 Å². The summed E-state index contributed by atoms with van der Waals surface area (Å²) in [4.78, 5) is 28.1. The second kappa shape index (κ2) is 7.72. The highest BCUT2D eigenvalue weighted by atomic mass is 35.5. The lowest BCUT2D eigenvalue weighted by Gasteiger charge is -2.29. The fraction of sp³-hybridized carbons (Fsp3) is 0.286. The Morgan fingerprint density at radius 2 is 1.78 bits per heavy atom. The van der Waals surface area contributed by atoms with Crippen LogP contribution in [0.3, 0.4) is 0 Å². The van der Waals surface area contributed by atoms with E-state index in [0.717, 1.165) is 60.4 Å². The average Bonchev–Trinajstić information content (AvgIpc) is 3.24. The average molecular weight is 502 g/mol. The van der Waals surface area contributed by atoms with Crippen molar-refractivity contribution in [3.05, 3.63) is 93.4 Å². The number of benzene rings is 3. The molecule has 7 rings (SSSR count). The van der Waals surface area contributed by atoms with Crippen LogP contribution in [0.2, 0.25) is 5.02 Å². The Hall–Kier alpha value is -3.55. The quantitative estimate of drug-likeness (QED) is 0.430. The lowest BCUT2D eigenvalue weighted by molar-refractivity contribution is 0.0696. The molecule has 2 atom stereocenters. The number of hydrogen-bond donors (Lipinski definition) is 1. The molecule has 3 aliphatic rings. The van der Waals surface area contributed by atoms with Gasteiger partial charge in [0.25, 0.3) is 0 Å². The number of aromatic nitrogens is 2. The number of halogens is 1. The first-order valence-electron chi connectivity index (χ1n) is 12.2. The first-order chi connectivity index (χ1) is 17.4. The van der Waals surface area contributed by atoms with E-state index in [9.17, 15) is 14.7 Å². The number of rotatable bonds is 5. The molecule has 1 N–H and O–H groups in total. The Labute approximate surface area is 212 Å². The van der Waals surface area contributed by atoms with E-state index in [-0.39, 0.29) is 11.3 Å². The van der Waals surface area contributed by atoms with Crippen LogP contribution in [0, 0.1) is 0 Å². The van der Waals surface area contributed by atoms with E-state index in [0.29, 0.717) is 17.2 Å². The van der Waals surface area contributed by atoms with Gasteiger partial charge in [-0.2, -0.15) is 0 Å². The normalized spacial score (nSPS) is 21.9. The Bertz CT molecular complexity index is 1580. The third kappa shape index (κ3) is 3.16. The van der Waals surface area contributed by atoms with Crippen molar-refractivity contribution in [2.45, 2.75) is 36.9 Å². The van der Waals surface area contributed by atoms with E-state index < -0.39 is 11.5 Å². The van der Waals surface area contributed by atoms with E-state index in [1.54, 1.807) is 28.8 Å². The molecule has 4 aromatic rings. The number of hydrogen-bond acceptors (Lipinski definition) is 4. The third-order valence-corrected chi connectivity index (χ3v) is 8.18. The van der Waals surface area contributed by atoms with Crippen LogP contribution >= 0.6 is 11.6 Å². The topological polar surface area (TPSA) is 76.7 Å². The summed E-state index contributed by atoms with van der Waals surface area (Å²) in [6.07, 6.45) is 2.90. The standard InChI is InChI=1S/C28H24ClN3O4/c29-19-4-9-24-25(13-19)31(21-7-5-20(6-8-21)30-15-23-14-22(30)16-36-23)27(35)32(24)28(10-11-28)18-3-1-2-17(12-18)26(33)34/h1-9,12-13,22-23H,10-11,14-16H2,(H,33,34). The zero-order valence-corrected chi connectivity index (χ0v) is 20.2. The molecule has 3 heterocycles. The van der Waals surface area contributed by atoms with Crippen LogP contribution in [0.25, 0.3) is 16.7 Å². The Balaban J connectivity index is 1.36. The molecule has 2 saturated heterocycles. The number of aromatic carboxylic acids is 1. The van der Waals surface area contributed by atoms with E-state index >= 15 is 0 Å². The van der Waals surface area contributed by atoms with Gasteiger partial charge in [-0.1, -0.05) is 23.7 Å². The van der Waals surface area contributed by atoms with Crippen LogP contribution in [-0.2, 0) is 10.3 Å². The summed E-state index contributed by atoms with van der Waals surface area (Å²) < 4.78 is 9.27. The predicted molar refractivity (Wildman–Crippen MR) is 138 cm³/mol. The maximum absolute atomic E-state index is 14.1. The summed E-state index contributed by atoms with van der Waals surface area (Å²) in [5.74, 6) is -0.980. The number of carboxylic acid groups (broad SMARTS) is 1. The molecule has 0 spiro atoms. The second-order valence-electron chi connectivity index (χ2n) is 10.0. The number of nitrogens with zero attached hydrogens (tertiary/aromatic N) is 3. The van der Waals surface area contributed by atoms with Crippen LogP contribution in [0.15, 0.2) is 71.5 Å². The Morgan fingerprint density at radius 3 is 2.44 bits per heavy atom. The molecule has 8 heteroatoms. The van der Waals surface area contributed by atoms with Gasteiger partial charge in [-0.05, 0) is 79.4 Å². The number of fused-ring (bicyclic) bond motifs is 3. The van der Waals surface area contributed by atoms with Crippen molar-refractivity contribution in [3.8, 4) is 5.69 Å². The third-order valence-electron chi connectivity index (χ3n) is 7.94. The fourth-order valence-corrected chi connectivity index (χ4v) is 6.21. The van der Waals surface area contributed by atoms with Crippen LogP contribution in [0.5, 0.6) is 0 Å². The van der Waals surface area contributed by atoms with Crippen LogP contribution in [0.1, 0.15) is 35.2 Å². The van der Waals surface area contributed by atoms with Crippen LogP contribution < -0.4 is 10.6 Å². The molecule has 1 saturated carbocycles. The summed E-state index contributed by atoms with van der Waals surface area (Å²) in [7, 11) is 0. The summed E-state index contributed by atoms with van der Waals surface area (Å²) in [6.45, 7) is 1.67. The molecule has 2 aliphatic heterocycles. The van der Waals surface area contributed by atoms with Gasteiger partial charge in [-0.3, -0.25) is 9.13 Å². The zero-order chi connectivity index (χ0) is 24.6. The van der Waals surface area contributed by atoms with Crippen molar-refractivity contribution in [2.24, 2.45) is 0 Å². The van der Waals surface area contributed by atoms with Gasteiger partial charge in [0, 0.05) is 17.3 Å². The van der Waals surface area contributed by atoms with Gasteiger partial charge < -0.3 is 14.7 Å². The number of morpholine rings is 1. The lowest BCUT2D eigenvalue weighted by atomic mass is 10.0. The van der Waals surface area contributed by atoms with Gasteiger partial charge in [0.05, 0.1) is 46.6 Å². The van der Waals surface area contributed by atoms with E-state index in [1.165, 1.54) is 0 Å². The van der Waals surface area contributed by atoms with Gasteiger partial charge in [-0.25, -0.2) is 9.59 Å². The number of imidazole rings is 1. The maximum atomic E-state index is 14.1. The zero-order valence-electron chi connectivity index (χ0n) is 19.4. The predicted octanol–water partition coefficient (Wildman–Crippen LogP) is 4.66. The molecule has 3 aromatic carbocycles. The molecule has 1 aliphatic carbocycles. The highest BCUT2D eigenvalue weighted by Gasteiger charge is 2.49. The van der Waals surface area contributed by atoms with Crippen molar-refractivity contribution in [1.82, 2.24) is 9.13 Å². The molecule has 2 bridgehead atoms. The number of carboxylic acids is 1. The minimum atomic E-state index is -0.980. The molecule has 0 amide bonds. The van der Waals surface area contributed by atoms with E-state index in [4.69, 9.17) is 16.3 Å². The first kappa shape index (κ1) is 21.7. The fourth-order valence-electron chi connectivity index (χ4n) is 6.04. The van der Waals surface area contributed by atoms with Gasteiger partial charge >= 0.3 is 11.7 Å². The molecule has 36 heavy (non-hydrogen) atoms. The lowest BCUT2D eigenvalue weighted by Crippen LogP contribution is -2.36. The largest absolute Gasteiger partial charge is 0.478 e. The highest BCUT2D eigenvalue weighted by Crippen LogP contribution is 2.50. The summed E-state index contributed by atoms with van der Waals surface area (Å²) in [5, 5.41) is 10.1. The maximum Gasteiger partial charge on any atom is 0.335 e. The summed E-state index contributed by atoms with van der Waals surface area (Å²) in [6, 6.07) is 20.9. The van der Waals surface area contributed by atoms with E-state index in [2.05, 4.69) is 17.0 Å². The minimum absolute atomic E-state index is 0.160. The summed E-state index contributed by atoms with van der Waals surface area (Å²) >= 11 is 6.38. The monoisotopic (exact) mass is 501 g/mol. The molecule has 7 nitrogen and oxygen atoms in total. The first-order valence-corrected chi connectivity index (χ1v) is 12.6. The van der Waals surface area contributed by atoms with Crippen molar-refractivity contribution in [3.63, 3.8) is 0 Å². The van der Waals surface area contributed by atoms with Crippen molar-refractivity contribution >= 4 is 34.3 Å². The molecular formula is C28H24ClN3O4. The highest BCUT2D eigenvalue weighted by molar-refractivity contribution is 6.31. The van der Waals surface area contributed by atoms with Gasteiger partial charge in [0.1, 0.15) is 0 Å². The van der Waals surface area contributed by atoms with Crippen molar-refractivity contribution in [2.75, 3.05) is 18.1 Å². The minimum Gasteiger partial charge on any atom is -0.478 e. The van der Waals surface area contributed by atoms with Crippen LogP contribution in [0.4, 0.5) is 5.69 Å². The number of carbonyl (C=O) groups is 1. The molecule has 0 radical (unpaired) electrons. The summed E-state index contributed by atoms with van der Waals surface area (Å²) in [5.41, 5.74) is 3.73. The van der Waals surface area contributed by atoms with Gasteiger partial charge in [-0.15, -0.1) is 0 Å². The molecular weight excluding hydrogens is 478 g/mol. The number of ether oxygens (including phenoxy) is 1. The van der Waals surface area contributed by atoms with Crippen molar-refractivity contribution in [1.29, 1.82) is 0 Å². The SMILES string of the molecule is O=C(O)c1cccc(C2(n3c(=O)n(-c4ccc(N5CC6CC5CO6)cc4)c4cc(Cl)ccc43)CC2)c1. The molecule has 182 valence electrons. The molecule has 1 aromatic heterocycles. The Kier molecular flexibility index (Phi) is 4.66. The molecule has 2 unspecified atom stereocenters. The Morgan fingerprint density at radius 1 is 1.00 bits per heavy atom. The van der Waals surface area contributed by atoms with Crippen molar-refractivity contribution < 1.29 is 14.6 Å². The molecule has 3 fully saturated rings. The van der Waals surface area contributed by atoms with Gasteiger partial charge in [0.15, 0.2) is 0 Å². The van der Waals surface area contributed by atoms with Gasteiger partial charge in [0.2, 0.25) is 0 Å².